The monoisotopic (exact) mass is 402 g/mol. The zero-order valence-electron chi connectivity index (χ0n) is 15.6. The summed E-state index contributed by atoms with van der Waals surface area (Å²) in [4.78, 5) is 12.3. The molecule has 0 bridgehead atoms. The van der Waals surface area contributed by atoms with Crippen molar-refractivity contribution < 1.29 is 23.4 Å². The minimum Gasteiger partial charge on any atom is -0.494 e. The fraction of sp³-hybridized carbons (Fsp3) is 0.200. The molecular weight excluding hydrogens is 384 g/mol. The lowest BCUT2D eigenvalue weighted by atomic mass is 10.2. The summed E-state index contributed by atoms with van der Waals surface area (Å²) in [5.41, 5.74) is 3.56. The Labute approximate surface area is 166 Å². The lowest BCUT2D eigenvalue weighted by Gasteiger charge is -2.09. The molecule has 146 valence electrons. The molecule has 0 spiro atoms. The van der Waals surface area contributed by atoms with Crippen LogP contribution in [0, 0.1) is 0 Å². The number of benzene rings is 2. The molecule has 1 heterocycles. The Morgan fingerprint density at radius 1 is 1.18 bits per heavy atom. The van der Waals surface area contributed by atoms with Gasteiger partial charge in [-0.2, -0.15) is 5.10 Å². The number of carbonyl (C=O) groups excluding carboxylic acids is 1. The minimum atomic E-state index is -0.484. The standard InChI is InChI=1S/C20H19ClN2O5/c1-4-27-14-5-6-16-12(7-14)8-19(28-16)20(24)23-22-11-13-9-17(25-2)18(26-3)10-15(13)21/h5-11H,4H2,1-3H3,(H,23,24)/b22-11+. The second-order valence-electron chi connectivity index (χ2n) is 5.67. The zero-order valence-corrected chi connectivity index (χ0v) is 16.4. The molecule has 0 radical (unpaired) electrons. The molecule has 0 atom stereocenters. The summed E-state index contributed by atoms with van der Waals surface area (Å²) in [5.74, 6) is 1.37. The molecule has 0 aliphatic heterocycles. The van der Waals surface area contributed by atoms with Crippen molar-refractivity contribution in [1.82, 2.24) is 5.43 Å². The number of hydrogen-bond donors (Lipinski definition) is 1. The number of hydrogen-bond acceptors (Lipinski definition) is 6. The first-order valence-electron chi connectivity index (χ1n) is 8.47. The normalized spacial score (nSPS) is 11.0. The number of carbonyl (C=O) groups is 1. The van der Waals surface area contributed by atoms with E-state index in [1.807, 2.05) is 13.0 Å². The highest BCUT2D eigenvalue weighted by Gasteiger charge is 2.13. The van der Waals surface area contributed by atoms with Crippen molar-refractivity contribution in [3.63, 3.8) is 0 Å². The molecular formula is C20H19ClN2O5. The van der Waals surface area contributed by atoms with Crippen LogP contribution in [0.15, 0.2) is 45.9 Å². The molecule has 0 unspecified atom stereocenters. The molecule has 28 heavy (non-hydrogen) atoms. The van der Waals surface area contributed by atoms with Gasteiger partial charge in [-0.15, -0.1) is 0 Å². The molecule has 1 N–H and O–H groups in total. The lowest BCUT2D eigenvalue weighted by Crippen LogP contribution is -2.16. The van der Waals surface area contributed by atoms with Crippen LogP contribution in [0.3, 0.4) is 0 Å². The summed E-state index contributed by atoms with van der Waals surface area (Å²) in [6.45, 7) is 2.46. The van der Waals surface area contributed by atoms with Crippen LogP contribution in [-0.2, 0) is 0 Å². The maximum Gasteiger partial charge on any atom is 0.307 e. The SMILES string of the molecule is CCOc1ccc2oc(C(=O)N/N=C/c3cc(OC)c(OC)cc3Cl)cc2c1. The highest BCUT2D eigenvalue weighted by molar-refractivity contribution is 6.33. The number of fused-ring (bicyclic) bond motifs is 1. The highest BCUT2D eigenvalue weighted by Crippen LogP contribution is 2.32. The molecule has 0 saturated heterocycles. The van der Waals surface area contributed by atoms with Crippen molar-refractivity contribution >= 4 is 34.7 Å². The van der Waals surface area contributed by atoms with Gasteiger partial charge in [-0.05, 0) is 37.3 Å². The van der Waals surface area contributed by atoms with Crippen LogP contribution in [0.25, 0.3) is 11.0 Å². The third-order valence-corrected chi connectivity index (χ3v) is 4.22. The average molecular weight is 403 g/mol. The predicted octanol–water partition coefficient (Wildman–Crippen LogP) is 4.27. The molecule has 1 amide bonds. The van der Waals surface area contributed by atoms with Crippen molar-refractivity contribution in [1.29, 1.82) is 0 Å². The Hall–Kier alpha value is -3.19. The second-order valence-corrected chi connectivity index (χ2v) is 6.08. The summed E-state index contributed by atoms with van der Waals surface area (Å²) < 4.78 is 21.4. The van der Waals surface area contributed by atoms with Crippen molar-refractivity contribution in [3.05, 3.63) is 52.7 Å². The second kappa shape index (κ2) is 8.67. The van der Waals surface area contributed by atoms with Gasteiger partial charge in [-0.1, -0.05) is 11.6 Å². The summed E-state index contributed by atoms with van der Waals surface area (Å²) in [6, 6.07) is 10.3. The molecule has 3 aromatic rings. The third-order valence-electron chi connectivity index (χ3n) is 3.90. The van der Waals surface area contributed by atoms with Gasteiger partial charge in [-0.3, -0.25) is 4.79 Å². The molecule has 2 aromatic carbocycles. The van der Waals surface area contributed by atoms with Crippen LogP contribution in [0.2, 0.25) is 5.02 Å². The molecule has 1 aromatic heterocycles. The van der Waals surface area contributed by atoms with Gasteiger partial charge < -0.3 is 18.6 Å². The van der Waals surface area contributed by atoms with E-state index in [2.05, 4.69) is 10.5 Å². The summed E-state index contributed by atoms with van der Waals surface area (Å²) in [5, 5.41) is 5.11. The van der Waals surface area contributed by atoms with Crippen LogP contribution >= 0.6 is 11.6 Å². The van der Waals surface area contributed by atoms with Gasteiger partial charge in [0.1, 0.15) is 11.3 Å². The number of ether oxygens (including phenoxy) is 3. The van der Waals surface area contributed by atoms with E-state index in [1.54, 1.807) is 30.3 Å². The fourth-order valence-corrected chi connectivity index (χ4v) is 2.78. The Kier molecular flexibility index (Phi) is 6.06. The smallest absolute Gasteiger partial charge is 0.307 e. The number of nitrogens with one attached hydrogen (secondary N) is 1. The number of halogens is 1. The topological polar surface area (TPSA) is 82.3 Å². The van der Waals surface area contributed by atoms with Gasteiger partial charge >= 0.3 is 5.91 Å². The van der Waals surface area contributed by atoms with Crippen LogP contribution in [0.5, 0.6) is 17.2 Å². The molecule has 0 aliphatic carbocycles. The van der Waals surface area contributed by atoms with E-state index in [4.69, 9.17) is 30.2 Å². The quantitative estimate of drug-likeness (QED) is 0.471. The number of furan rings is 1. The highest BCUT2D eigenvalue weighted by atomic mass is 35.5. The first kappa shape index (κ1) is 19.6. The molecule has 0 aliphatic rings. The van der Waals surface area contributed by atoms with Crippen molar-refractivity contribution in [3.8, 4) is 17.2 Å². The average Bonchev–Trinajstić information content (AvgIpc) is 3.12. The van der Waals surface area contributed by atoms with Crippen LogP contribution < -0.4 is 19.6 Å². The first-order chi connectivity index (χ1) is 13.5. The molecule has 0 saturated carbocycles. The van der Waals surface area contributed by atoms with E-state index in [0.717, 1.165) is 5.39 Å². The predicted molar refractivity (Wildman–Crippen MR) is 107 cm³/mol. The lowest BCUT2D eigenvalue weighted by molar-refractivity contribution is 0.0929. The third kappa shape index (κ3) is 4.20. The van der Waals surface area contributed by atoms with Crippen molar-refractivity contribution in [2.75, 3.05) is 20.8 Å². The van der Waals surface area contributed by atoms with Crippen LogP contribution in [-0.4, -0.2) is 32.9 Å². The molecule has 7 nitrogen and oxygen atoms in total. The van der Waals surface area contributed by atoms with E-state index < -0.39 is 5.91 Å². The van der Waals surface area contributed by atoms with Crippen molar-refractivity contribution in [2.24, 2.45) is 5.10 Å². The van der Waals surface area contributed by atoms with Gasteiger partial charge in [0.25, 0.3) is 0 Å². The Bertz CT molecular complexity index is 1030. The fourth-order valence-electron chi connectivity index (χ4n) is 2.57. The first-order valence-corrected chi connectivity index (χ1v) is 8.84. The summed E-state index contributed by atoms with van der Waals surface area (Å²) in [7, 11) is 3.04. The van der Waals surface area contributed by atoms with Gasteiger partial charge in [0, 0.05) is 17.0 Å². The van der Waals surface area contributed by atoms with E-state index in [9.17, 15) is 4.79 Å². The number of rotatable bonds is 7. The van der Waals surface area contributed by atoms with Gasteiger partial charge in [-0.25, -0.2) is 5.43 Å². The van der Waals surface area contributed by atoms with Gasteiger partial charge in [0.15, 0.2) is 17.3 Å². The number of nitrogens with zero attached hydrogens (tertiary/aromatic N) is 1. The number of amides is 1. The van der Waals surface area contributed by atoms with E-state index in [-0.39, 0.29) is 5.76 Å². The minimum absolute atomic E-state index is 0.138. The molecule has 8 heteroatoms. The van der Waals surface area contributed by atoms with Crippen molar-refractivity contribution in [2.45, 2.75) is 6.92 Å². The zero-order chi connectivity index (χ0) is 20.1. The van der Waals surface area contributed by atoms with Gasteiger partial charge in [0.05, 0.1) is 32.1 Å². The molecule has 0 fully saturated rings. The number of methoxy groups -OCH3 is 2. The maximum absolute atomic E-state index is 12.3. The largest absolute Gasteiger partial charge is 0.494 e. The Balaban J connectivity index is 1.74. The Morgan fingerprint density at radius 2 is 1.93 bits per heavy atom. The number of hydrazone groups is 1. The Morgan fingerprint density at radius 3 is 2.64 bits per heavy atom. The maximum atomic E-state index is 12.3. The molecule has 3 rings (SSSR count). The van der Waals surface area contributed by atoms with E-state index in [0.29, 0.717) is 40.0 Å². The van der Waals surface area contributed by atoms with Gasteiger partial charge in [0.2, 0.25) is 0 Å². The van der Waals surface area contributed by atoms with Crippen LogP contribution in [0.4, 0.5) is 0 Å². The van der Waals surface area contributed by atoms with Crippen LogP contribution in [0.1, 0.15) is 23.0 Å². The summed E-state index contributed by atoms with van der Waals surface area (Å²) >= 11 is 6.19. The van der Waals surface area contributed by atoms with E-state index in [1.165, 1.54) is 20.4 Å². The van der Waals surface area contributed by atoms with E-state index >= 15 is 0 Å². The summed E-state index contributed by atoms with van der Waals surface area (Å²) in [6.07, 6.45) is 1.41.